The minimum atomic E-state index is -3.35. The molecule has 0 amide bonds. The Balaban J connectivity index is 2.06. The van der Waals surface area contributed by atoms with Crippen molar-refractivity contribution in [3.63, 3.8) is 0 Å². The van der Waals surface area contributed by atoms with Crippen LogP contribution in [-0.2, 0) is 15.8 Å². The third-order valence-electron chi connectivity index (χ3n) is 2.76. The summed E-state index contributed by atoms with van der Waals surface area (Å²) in [6.45, 7) is 1.82. The first-order valence-corrected chi connectivity index (χ1v) is 7.66. The number of hydrogen-bond donors (Lipinski definition) is 1. The summed E-state index contributed by atoms with van der Waals surface area (Å²) < 4.78 is 26.8. The van der Waals surface area contributed by atoms with Crippen molar-refractivity contribution in [1.82, 2.24) is 9.71 Å². The third-order valence-corrected chi connectivity index (χ3v) is 4.19. The van der Waals surface area contributed by atoms with E-state index >= 15 is 0 Å². The average Bonchev–Trinajstić information content (AvgIpc) is 2.39. The SMILES string of the molecule is C[C@H](NS(=O)(=O)Cc1ccccc1)c1ccncc1. The van der Waals surface area contributed by atoms with Crippen molar-refractivity contribution in [2.24, 2.45) is 0 Å². The van der Waals surface area contributed by atoms with E-state index in [-0.39, 0.29) is 11.8 Å². The molecule has 0 aliphatic rings. The summed E-state index contributed by atoms with van der Waals surface area (Å²) in [5.74, 6) is -0.0107. The molecule has 1 atom stereocenters. The molecule has 19 heavy (non-hydrogen) atoms. The zero-order chi connectivity index (χ0) is 13.7. The van der Waals surface area contributed by atoms with Crippen molar-refractivity contribution in [3.8, 4) is 0 Å². The van der Waals surface area contributed by atoms with Crippen LogP contribution in [0, 0.1) is 0 Å². The van der Waals surface area contributed by atoms with Crippen LogP contribution in [0.15, 0.2) is 54.9 Å². The highest BCUT2D eigenvalue weighted by Gasteiger charge is 2.16. The maximum absolute atomic E-state index is 12.1. The van der Waals surface area contributed by atoms with Crippen molar-refractivity contribution in [1.29, 1.82) is 0 Å². The lowest BCUT2D eigenvalue weighted by molar-refractivity contribution is 0.566. The highest BCUT2D eigenvalue weighted by Crippen LogP contribution is 2.13. The largest absolute Gasteiger partial charge is 0.265 e. The van der Waals surface area contributed by atoms with E-state index in [2.05, 4.69) is 9.71 Å². The molecule has 0 radical (unpaired) electrons. The first-order valence-electron chi connectivity index (χ1n) is 6.01. The maximum Gasteiger partial charge on any atom is 0.216 e. The number of nitrogens with zero attached hydrogens (tertiary/aromatic N) is 1. The van der Waals surface area contributed by atoms with Crippen LogP contribution in [0.4, 0.5) is 0 Å². The molecular formula is C14H16N2O2S. The van der Waals surface area contributed by atoms with Gasteiger partial charge < -0.3 is 0 Å². The molecule has 2 rings (SSSR count). The van der Waals surface area contributed by atoms with Crippen LogP contribution >= 0.6 is 0 Å². The van der Waals surface area contributed by atoms with E-state index in [0.717, 1.165) is 11.1 Å². The molecule has 1 heterocycles. The van der Waals surface area contributed by atoms with Crippen molar-refractivity contribution in [2.75, 3.05) is 0 Å². The van der Waals surface area contributed by atoms with Gasteiger partial charge in [0.1, 0.15) is 0 Å². The normalized spacial score (nSPS) is 13.1. The van der Waals surface area contributed by atoms with E-state index in [1.54, 1.807) is 36.7 Å². The second kappa shape index (κ2) is 5.95. The summed E-state index contributed by atoms with van der Waals surface area (Å²) in [5.41, 5.74) is 1.67. The topological polar surface area (TPSA) is 59.1 Å². The minimum Gasteiger partial charge on any atom is -0.265 e. The Bertz CT molecular complexity index is 612. The summed E-state index contributed by atoms with van der Waals surface area (Å²) in [6, 6.07) is 12.5. The number of rotatable bonds is 5. The third kappa shape index (κ3) is 4.15. The van der Waals surface area contributed by atoms with Gasteiger partial charge in [-0.2, -0.15) is 0 Å². The predicted octanol–water partition coefficient (Wildman–Crippen LogP) is 2.26. The average molecular weight is 276 g/mol. The van der Waals surface area contributed by atoms with Crippen molar-refractivity contribution >= 4 is 10.0 Å². The van der Waals surface area contributed by atoms with E-state index in [1.165, 1.54) is 0 Å². The highest BCUT2D eigenvalue weighted by molar-refractivity contribution is 7.88. The standard InChI is InChI=1S/C14H16N2O2S/c1-12(14-7-9-15-10-8-14)16-19(17,18)11-13-5-3-2-4-6-13/h2-10,12,16H,11H2,1H3/t12-/m0/s1. The molecule has 0 unspecified atom stereocenters. The molecule has 2 aromatic rings. The summed E-state index contributed by atoms with van der Waals surface area (Å²) in [7, 11) is -3.35. The minimum absolute atomic E-state index is 0.0107. The second-order valence-electron chi connectivity index (χ2n) is 4.36. The predicted molar refractivity (Wildman–Crippen MR) is 74.9 cm³/mol. The molecule has 0 saturated heterocycles. The van der Waals surface area contributed by atoms with Crippen LogP contribution in [0.2, 0.25) is 0 Å². The van der Waals surface area contributed by atoms with Gasteiger partial charge >= 0.3 is 0 Å². The molecule has 4 nitrogen and oxygen atoms in total. The van der Waals surface area contributed by atoms with Gasteiger partial charge in [0, 0.05) is 18.4 Å². The number of nitrogens with one attached hydrogen (secondary N) is 1. The Hall–Kier alpha value is -1.72. The van der Waals surface area contributed by atoms with E-state index in [4.69, 9.17) is 0 Å². The Morgan fingerprint density at radius 2 is 1.74 bits per heavy atom. The molecule has 5 heteroatoms. The summed E-state index contributed by atoms with van der Waals surface area (Å²) in [5, 5.41) is 0. The van der Waals surface area contributed by atoms with Gasteiger partial charge in [-0.3, -0.25) is 4.98 Å². The van der Waals surface area contributed by atoms with E-state index in [1.807, 2.05) is 25.1 Å². The molecular weight excluding hydrogens is 260 g/mol. The summed E-state index contributed by atoms with van der Waals surface area (Å²) in [4.78, 5) is 3.91. The molecule has 0 spiro atoms. The Kier molecular flexibility index (Phi) is 4.29. The number of sulfonamides is 1. The number of pyridine rings is 1. The van der Waals surface area contributed by atoms with Gasteiger partial charge in [-0.1, -0.05) is 30.3 Å². The van der Waals surface area contributed by atoms with Crippen LogP contribution in [-0.4, -0.2) is 13.4 Å². The van der Waals surface area contributed by atoms with E-state index in [9.17, 15) is 8.42 Å². The van der Waals surface area contributed by atoms with Gasteiger partial charge in [0.2, 0.25) is 10.0 Å². The Labute approximate surface area is 113 Å². The molecule has 0 bridgehead atoms. The van der Waals surface area contributed by atoms with Gasteiger partial charge in [-0.25, -0.2) is 13.1 Å². The van der Waals surface area contributed by atoms with Crippen LogP contribution in [0.25, 0.3) is 0 Å². The van der Waals surface area contributed by atoms with Crippen LogP contribution in [0.1, 0.15) is 24.1 Å². The molecule has 1 aromatic carbocycles. The molecule has 0 aliphatic heterocycles. The van der Waals surface area contributed by atoms with Crippen molar-refractivity contribution in [2.45, 2.75) is 18.7 Å². The van der Waals surface area contributed by atoms with Crippen LogP contribution in [0.5, 0.6) is 0 Å². The lowest BCUT2D eigenvalue weighted by Gasteiger charge is -2.14. The smallest absolute Gasteiger partial charge is 0.216 e. The summed E-state index contributed by atoms with van der Waals surface area (Å²) >= 11 is 0. The zero-order valence-electron chi connectivity index (χ0n) is 10.7. The summed E-state index contributed by atoms with van der Waals surface area (Å²) in [6.07, 6.45) is 3.30. The zero-order valence-corrected chi connectivity index (χ0v) is 11.5. The monoisotopic (exact) mass is 276 g/mol. The van der Waals surface area contributed by atoms with Crippen LogP contribution < -0.4 is 4.72 Å². The molecule has 0 saturated carbocycles. The fourth-order valence-corrected chi connectivity index (χ4v) is 3.21. The molecule has 0 aliphatic carbocycles. The quantitative estimate of drug-likeness (QED) is 0.911. The molecule has 100 valence electrons. The van der Waals surface area contributed by atoms with Gasteiger partial charge in [0.15, 0.2) is 0 Å². The number of hydrogen-bond acceptors (Lipinski definition) is 3. The van der Waals surface area contributed by atoms with Crippen molar-refractivity contribution in [3.05, 3.63) is 66.0 Å². The lowest BCUT2D eigenvalue weighted by Crippen LogP contribution is -2.28. The van der Waals surface area contributed by atoms with E-state index in [0.29, 0.717) is 0 Å². The second-order valence-corrected chi connectivity index (χ2v) is 6.12. The van der Waals surface area contributed by atoms with Crippen molar-refractivity contribution < 1.29 is 8.42 Å². The maximum atomic E-state index is 12.1. The lowest BCUT2D eigenvalue weighted by atomic mass is 10.1. The number of aromatic nitrogens is 1. The fraction of sp³-hybridized carbons (Fsp3) is 0.214. The van der Waals surface area contributed by atoms with Gasteiger partial charge in [-0.05, 0) is 30.2 Å². The van der Waals surface area contributed by atoms with Gasteiger partial charge in [0.05, 0.1) is 5.75 Å². The molecule has 1 aromatic heterocycles. The first-order chi connectivity index (χ1) is 9.07. The van der Waals surface area contributed by atoms with Gasteiger partial charge in [-0.15, -0.1) is 0 Å². The molecule has 1 N–H and O–H groups in total. The highest BCUT2D eigenvalue weighted by atomic mass is 32.2. The fourth-order valence-electron chi connectivity index (χ4n) is 1.82. The van der Waals surface area contributed by atoms with Crippen LogP contribution in [0.3, 0.4) is 0 Å². The van der Waals surface area contributed by atoms with E-state index < -0.39 is 10.0 Å². The Morgan fingerprint density at radius 1 is 1.11 bits per heavy atom. The molecule has 0 fully saturated rings. The Morgan fingerprint density at radius 3 is 2.37 bits per heavy atom. The number of benzene rings is 1. The van der Waals surface area contributed by atoms with Gasteiger partial charge in [0.25, 0.3) is 0 Å². The first kappa shape index (κ1) is 13.7.